The van der Waals surface area contributed by atoms with E-state index in [1.165, 1.54) is 125 Å². The zero-order valence-corrected chi connectivity index (χ0v) is 31.4. The van der Waals surface area contributed by atoms with Gasteiger partial charge in [-0.1, -0.05) is 166 Å². The van der Waals surface area contributed by atoms with Gasteiger partial charge in [-0.05, 0) is 139 Å². The monoisotopic (exact) mass is 658 g/mol. The number of unbranched alkanes of at least 4 members (excludes halogenated alkanes) is 4. The summed E-state index contributed by atoms with van der Waals surface area (Å²) in [5.41, 5.74) is 16.1. The summed E-state index contributed by atoms with van der Waals surface area (Å²) in [4.78, 5) is 0. The second-order valence-corrected chi connectivity index (χ2v) is 13.6. The molecule has 0 fully saturated rings. The van der Waals surface area contributed by atoms with E-state index in [1.54, 1.807) is 0 Å². The molecule has 0 saturated carbocycles. The number of hydrogen-bond acceptors (Lipinski definition) is 0. The van der Waals surface area contributed by atoms with Crippen molar-refractivity contribution in [3.8, 4) is 11.1 Å². The van der Waals surface area contributed by atoms with Gasteiger partial charge in [0, 0.05) is 0 Å². The third-order valence-corrected chi connectivity index (χ3v) is 9.93. The molecule has 0 bridgehead atoms. The van der Waals surface area contributed by atoms with E-state index in [0.29, 0.717) is 0 Å². The minimum absolute atomic E-state index is 1.17. The smallest absolute Gasteiger partial charge is 0.0178 e. The van der Waals surface area contributed by atoms with Crippen LogP contribution in [0.15, 0.2) is 128 Å². The summed E-state index contributed by atoms with van der Waals surface area (Å²) in [7, 11) is 0. The fourth-order valence-electron chi connectivity index (χ4n) is 6.31. The lowest BCUT2D eigenvalue weighted by molar-refractivity contribution is 0.667. The lowest BCUT2D eigenvalue weighted by Gasteiger charge is -2.11. The van der Waals surface area contributed by atoms with Crippen LogP contribution in [-0.4, -0.2) is 0 Å². The molecule has 0 aliphatic rings. The first kappa shape index (κ1) is 38.1. The van der Waals surface area contributed by atoms with Crippen LogP contribution in [0.25, 0.3) is 29.4 Å². The van der Waals surface area contributed by atoms with Gasteiger partial charge in [0.05, 0.1) is 0 Å². The van der Waals surface area contributed by atoms with Crippen LogP contribution in [0.5, 0.6) is 0 Å². The van der Waals surface area contributed by atoms with Crippen molar-refractivity contribution in [3.05, 3.63) is 184 Å². The summed E-state index contributed by atoms with van der Waals surface area (Å²) in [6, 6.07) is 39.6. The Bertz CT molecular complexity index is 1800. The van der Waals surface area contributed by atoms with Gasteiger partial charge < -0.3 is 0 Å². The van der Waals surface area contributed by atoms with Crippen LogP contribution in [0.2, 0.25) is 0 Å². The fourth-order valence-corrected chi connectivity index (χ4v) is 6.31. The zero-order valence-electron chi connectivity index (χ0n) is 31.4. The molecule has 5 rings (SSSR count). The standard InChI is InChI=1S/C32H38.C18H20/c1-6-7-8-9-13-28-18-20-30(21-19-28)32-17-12-15-29(23-32)14-10-11-16-31-22-24(2)25(3)26(4)27(31)5;1-2-16-12-14-18(15-13-16)11-7-6-10-17-8-4-3-5-9-17/h10-12,14-23H,6-9,13H2,1-5H3;2-5,8-9,12-15H,1,6-7,10-11H2. The molecule has 0 saturated heterocycles. The first-order valence-electron chi connectivity index (χ1n) is 18.7. The molecule has 0 nitrogen and oxygen atoms in total. The largest absolute Gasteiger partial charge is 0.0985 e. The maximum atomic E-state index is 3.77. The Morgan fingerprint density at radius 1 is 0.480 bits per heavy atom. The van der Waals surface area contributed by atoms with Crippen LogP contribution in [0, 0.1) is 27.7 Å². The third kappa shape index (κ3) is 12.3. The molecule has 0 heterocycles. The molecule has 0 aromatic heterocycles. The highest BCUT2D eigenvalue weighted by molar-refractivity contribution is 5.69. The Morgan fingerprint density at radius 3 is 1.72 bits per heavy atom. The number of benzene rings is 5. The van der Waals surface area contributed by atoms with Crippen molar-refractivity contribution in [1.82, 2.24) is 0 Å². The van der Waals surface area contributed by atoms with Crippen LogP contribution >= 0.6 is 0 Å². The summed E-state index contributed by atoms with van der Waals surface area (Å²) in [6.07, 6.45) is 21.9. The van der Waals surface area contributed by atoms with Crippen LogP contribution in [0.3, 0.4) is 0 Å². The van der Waals surface area contributed by atoms with Crippen LogP contribution in [-0.2, 0) is 19.3 Å². The van der Waals surface area contributed by atoms with E-state index in [9.17, 15) is 0 Å². The topological polar surface area (TPSA) is 0 Å². The van der Waals surface area contributed by atoms with Crippen molar-refractivity contribution in [1.29, 1.82) is 0 Å². The summed E-state index contributed by atoms with van der Waals surface area (Å²) in [5.74, 6) is 0. The average Bonchev–Trinajstić information content (AvgIpc) is 3.16. The first-order chi connectivity index (χ1) is 24.4. The van der Waals surface area contributed by atoms with Gasteiger partial charge in [0.15, 0.2) is 0 Å². The Hall–Kier alpha value is -4.68. The second-order valence-electron chi connectivity index (χ2n) is 13.6. The van der Waals surface area contributed by atoms with E-state index in [2.05, 4.69) is 175 Å². The molecule has 50 heavy (non-hydrogen) atoms. The van der Waals surface area contributed by atoms with Gasteiger partial charge in [0.25, 0.3) is 0 Å². The lowest BCUT2D eigenvalue weighted by Crippen LogP contribution is -1.93. The van der Waals surface area contributed by atoms with E-state index in [1.807, 2.05) is 6.08 Å². The van der Waals surface area contributed by atoms with Gasteiger partial charge in [-0.25, -0.2) is 0 Å². The van der Waals surface area contributed by atoms with Crippen molar-refractivity contribution in [2.75, 3.05) is 0 Å². The average molecular weight is 659 g/mol. The number of aryl methyl sites for hydroxylation is 4. The lowest BCUT2D eigenvalue weighted by atomic mass is 9.94. The maximum absolute atomic E-state index is 3.77. The third-order valence-electron chi connectivity index (χ3n) is 9.93. The van der Waals surface area contributed by atoms with E-state index in [-0.39, 0.29) is 0 Å². The zero-order chi connectivity index (χ0) is 35.6. The van der Waals surface area contributed by atoms with Crippen LogP contribution < -0.4 is 0 Å². The van der Waals surface area contributed by atoms with E-state index in [0.717, 1.165) is 0 Å². The van der Waals surface area contributed by atoms with Crippen LogP contribution in [0.1, 0.15) is 101 Å². The summed E-state index contributed by atoms with van der Waals surface area (Å²) in [5, 5.41) is 0. The Morgan fingerprint density at radius 2 is 1.08 bits per heavy atom. The highest BCUT2D eigenvalue weighted by atomic mass is 14.1. The molecule has 0 unspecified atom stereocenters. The molecule has 0 atom stereocenters. The molecule has 258 valence electrons. The Labute approximate surface area is 304 Å². The molecular weight excluding hydrogens is 601 g/mol. The molecule has 0 amide bonds. The first-order valence-corrected chi connectivity index (χ1v) is 18.7. The second kappa shape index (κ2) is 20.7. The number of allylic oxidation sites excluding steroid dienone is 2. The quantitative estimate of drug-likeness (QED) is 0.0776. The van der Waals surface area contributed by atoms with E-state index in [4.69, 9.17) is 0 Å². The minimum atomic E-state index is 1.17. The predicted octanol–water partition coefficient (Wildman–Crippen LogP) is 14.3. The van der Waals surface area contributed by atoms with Gasteiger partial charge in [0.2, 0.25) is 0 Å². The molecule has 0 aliphatic heterocycles. The number of rotatable bonds is 15. The normalized spacial score (nSPS) is 11.1. The van der Waals surface area contributed by atoms with E-state index < -0.39 is 0 Å². The van der Waals surface area contributed by atoms with Crippen molar-refractivity contribution in [3.63, 3.8) is 0 Å². The minimum Gasteiger partial charge on any atom is -0.0985 e. The molecular formula is C50H58. The van der Waals surface area contributed by atoms with Gasteiger partial charge in [0.1, 0.15) is 0 Å². The molecule has 5 aromatic rings. The number of hydrogen-bond donors (Lipinski definition) is 0. The summed E-state index contributed by atoms with van der Waals surface area (Å²) < 4.78 is 0. The Balaban J connectivity index is 0.000000263. The van der Waals surface area contributed by atoms with Gasteiger partial charge in [-0.15, -0.1) is 0 Å². The molecule has 0 aliphatic carbocycles. The maximum Gasteiger partial charge on any atom is -0.0178 e. The Kier molecular flexibility index (Phi) is 15.8. The highest BCUT2D eigenvalue weighted by Crippen LogP contribution is 2.24. The molecule has 5 aromatic carbocycles. The van der Waals surface area contributed by atoms with Crippen molar-refractivity contribution < 1.29 is 0 Å². The SMILES string of the molecule is C=Cc1ccc(CCCCc2ccccc2)cc1.CCCCCCc1ccc(-c2cccc(C=CC=Cc3cc(C)c(C)c(C)c3C)c2)cc1. The van der Waals surface area contributed by atoms with Crippen molar-refractivity contribution >= 4 is 18.2 Å². The van der Waals surface area contributed by atoms with Crippen LogP contribution in [0.4, 0.5) is 0 Å². The highest BCUT2D eigenvalue weighted by Gasteiger charge is 2.05. The van der Waals surface area contributed by atoms with Gasteiger partial charge >= 0.3 is 0 Å². The fraction of sp³-hybridized carbons (Fsp3) is 0.280. The predicted molar refractivity (Wildman–Crippen MR) is 223 cm³/mol. The summed E-state index contributed by atoms with van der Waals surface area (Å²) in [6.45, 7) is 14.9. The van der Waals surface area contributed by atoms with E-state index >= 15 is 0 Å². The van der Waals surface area contributed by atoms with Crippen molar-refractivity contribution in [2.24, 2.45) is 0 Å². The molecule has 0 heteroatoms. The van der Waals surface area contributed by atoms with Gasteiger partial charge in [-0.3, -0.25) is 0 Å². The molecule has 0 radical (unpaired) electrons. The van der Waals surface area contributed by atoms with Gasteiger partial charge in [-0.2, -0.15) is 0 Å². The van der Waals surface area contributed by atoms with Crippen molar-refractivity contribution in [2.45, 2.75) is 92.4 Å². The molecule has 0 N–H and O–H groups in total. The summed E-state index contributed by atoms with van der Waals surface area (Å²) >= 11 is 0. The molecule has 0 spiro atoms.